The average molecular weight is 466 g/mol. The van der Waals surface area contributed by atoms with Crippen LogP contribution in [0.4, 0.5) is 36.3 Å². The molecular weight excluding hydrogens is 443 g/mol. The Balaban J connectivity index is 1.95. The molecule has 1 heterocycles. The lowest BCUT2D eigenvalue weighted by Gasteiger charge is -2.23. The summed E-state index contributed by atoms with van der Waals surface area (Å²) in [4.78, 5) is 7.79. The van der Waals surface area contributed by atoms with Gasteiger partial charge in [-0.15, -0.1) is 0 Å². The lowest BCUT2D eigenvalue weighted by atomic mass is 10.1. The molecule has 3 rings (SSSR count). The average Bonchev–Trinajstić information content (AvgIpc) is 2.71. The van der Waals surface area contributed by atoms with Crippen LogP contribution in [0.1, 0.15) is 16.7 Å². The molecule has 0 aliphatic carbocycles. The lowest BCUT2D eigenvalue weighted by Crippen LogP contribution is -2.27. The van der Waals surface area contributed by atoms with Gasteiger partial charge in [0.15, 0.2) is 0 Å². The van der Waals surface area contributed by atoms with Crippen molar-refractivity contribution in [2.75, 3.05) is 28.2 Å². The second kappa shape index (κ2) is 9.03. The van der Waals surface area contributed by atoms with Crippen LogP contribution in [0.25, 0.3) is 0 Å². The van der Waals surface area contributed by atoms with Gasteiger partial charge in [0, 0.05) is 25.5 Å². The Morgan fingerprint density at radius 1 is 1.06 bits per heavy atom. The van der Waals surface area contributed by atoms with Gasteiger partial charge in [0.2, 0.25) is 16.0 Å². The molecule has 2 N–H and O–H groups in total. The van der Waals surface area contributed by atoms with E-state index in [0.717, 1.165) is 10.6 Å². The van der Waals surface area contributed by atoms with Crippen LogP contribution in [-0.2, 0) is 22.7 Å². The van der Waals surface area contributed by atoms with Crippen LogP contribution in [0.15, 0.2) is 54.7 Å². The minimum absolute atomic E-state index is 0.00980. The van der Waals surface area contributed by atoms with Gasteiger partial charge in [-0.3, -0.25) is 4.31 Å². The predicted octanol–water partition coefficient (Wildman–Crippen LogP) is 4.56. The highest BCUT2D eigenvalue weighted by Gasteiger charge is 2.35. The zero-order chi connectivity index (χ0) is 23.5. The molecule has 0 saturated carbocycles. The molecule has 1 aromatic heterocycles. The zero-order valence-electron chi connectivity index (χ0n) is 17.6. The van der Waals surface area contributed by atoms with E-state index in [0.29, 0.717) is 28.7 Å². The molecule has 0 amide bonds. The summed E-state index contributed by atoms with van der Waals surface area (Å²) in [7, 11) is -2.17. The third-order valence-electron chi connectivity index (χ3n) is 4.70. The van der Waals surface area contributed by atoms with Gasteiger partial charge in [0.25, 0.3) is 0 Å². The van der Waals surface area contributed by atoms with Crippen molar-refractivity contribution in [3.63, 3.8) is 0 Å². The monoisotopic (exact) mass is 465 g/mol. The van der Waals surface area contributed by atoms with Crippen LogP contribution in [0, 0.1) is 6.92 Å². The quantitative estimate of drug-likeness (QED) is 0.532. The van der Waals surface area contributed by atoms with E-state index in [1.54, 1.807) is 55.5 Å². The van der Waals surface area contributed by atoms with Crippen LogP contribution >= 0.6 is 0 Å². The summed E-state index contributed by atoms with van der Waals surface area (Å²) < 4.78 is 65.8. The SMILES string of the molecule is Cc1cccc(CNc2nc(Nc3ccccc3)ncc2C(F)(F)F)c1N(C)S(C)(=O)=O. The molecule has 0 spiro atoms. The van der Waals surface area contributed by atoms with E-state index in [2.05, 4.69) is 20.6 Å². The summed E-state index contributed by atoms with van der Waals surface area (Å²) in [6.45, 7) is 1.65. The Hall–Kier alpha value is -3.34. The summed E-state index contributed by atoms with van der Waals surface area (Å²) in [6.07, 6.45) is -2.91. The van der Waals surface area contributed by atoms with Gasteiger partial charge in [-0.2, -0.15) is 18.2 Å². The molecule has 3 aromatic rings. The van der Waals surface area contributed by atoms with E-state index in [-0.39, 0.29) is 12.5 Å². The molecule has 0 unspecified atom stereocenters. The maximum Gasteiger partial charge on any atom is 0.421 e. The van der Waals surface area contributed by atoms with Crippen LogP contribution in [0.3, 0.4) is 0 Å². The number of sulfonamides is 1. The van der Waals surface area contributed by atoms with Crippen molar-refractivity contribution in [1.29, 1.82) is 0 Å². The number of aromatic nitrogens is 2. The topological polar surface area (TPSA) is 87.2 Å². The molecule has 11 heteroatoms. The predicted molar refractivity (Wildman–Crippen MR) is 119 cm³/mol. The van der Waals surface area contributed by atoms with E-state index < -0.39 is 27.6 Å². The number of halogens is 3. The Morgan fingerprint density at radius 3 is 2.38 bits per heavy atom. The van der Waals surface area contributed by atoms with Crippen LogP contribution in [0.5, 0.6) is 0 Å². The normalized spacial score (nSPS) is 11.8. The van der Waals surface area contributed by atoms with E-state index in [1.165, 1.54) is 7.05 Å². The second-order valence-corrected chi connectivity index (χ2v) is 9.13. The largest absolute Gasteiger partial charge is 0.421 e. The molecule has 0 aliphatic rings. The second-order valence-electron chi connectivity index (χ2n) is 7.11. The molecule has 7 nitrogen and oxygen atoms in total. The van der Waals surface area contributed by atoms with Crippen molar-refractivity contribution in [3.8, 4) is 0 Å². The van der Waals surface area contributed by atoms with Gasteiger partial charge in [-0.25, -0.2) is 13.4 Å². The Bertz CT molecular complexity index is 1200. The summed E-state index contributed by atoms with van der Waals surface area (Å²) in [5.41, 5.74) is 1.16. The van der Waals surface area contributed by atoms with Crippen molar-refractivity contribution in [2.24, 2.45) is 0 Å². The first-order chi connectivity index (χ1) is 15.0. The van der Waals surface area contributed by atoms with Gasteiger partial charge in [0.05, 0.1) is 11.9 Å². The highest BCUT2D eigenvalue weighted by Crippen LogP contribution is 2.35. The molecule has 2 aromatic carbocycles. The molecule has 0 atom stereocenters. The molecular formula is C21H22F3N5O2S. The van der Waals surface area contributed by atoms with E-state index >= 15 is 0 Å². The third kappa shape index (κ3) is 5.47. The number of nitrogens with zero attached hydrogens (tertiary/aromatic N) is 3. The fraction of sp³-hybridized carbons (Fsp3) is 0.238. The van der Waals surface area contributed by atoms with Crippen LogP contribution < -0.4 is 14.9 Å². The van der Waals surface area contributed by atoms with Gasteiger partial charge in [-0.05, 0) is 30.2 Å². The summed E-state index contributed by atoms with van der Waals surface area (Å²) in [6, 6.07) is 13.9. The summed E-state index contributed by atoms with van der Waals surface area (Å²) in [5, 5.41) is 5.57. The van der Waals surface area contributed by atoms with Crippen LogP contribution in [-0.4, -0.2) is 31.7 Å². The number of hydrogen-bond donors (Lipinski definition) is 2. The minimum atomic E-state index is -4.67. The number of alkyl halides is 3. The lowest BCUT2D eigenvalue weighted by molar-refractivity contribution is -0.137. The molecule has 0 saturated heterocycles. The Morgan fingerprint density at radius 2 is 1.75 bits per heavy atom. The van der Waals surface area contributed by atoms with Gasteiger partial charge < -0.3 is 10.6 Å². The first-order valence-corrected chi connectivity index (χ1v) is 11.3. The Labute approximate surface area is 184 Å². The number of hydrogen-bond acceptors (Lipinski definition) is 6. The number of para-hydroxylation sites is 2. The van der Waals surface area contributed by atoms with E-state index in [9.17, 15) is 21.6 Å². The molecule has 32 heavy (non-hydrogen) atoms. The fourth-order valence-electron chi connectivity index (χ4n) is 3.09. The van der Waals surface area contributed by atoms with Crippen molar-refractivity contribution < 1.29 is 21.6 Å². The Kier molecular flexibility index (Phi) is 6.58. The molecule has 0 radical (unpaired) electrons. The molecule has 170 valence electrons. The molecule has 0 fully saturated rings. The summed E-state index contributed by atoms with van der Waals surface area (Å²) in [5.74, 6) is -0.426. The first kappa shape index (κ1) is 23.3. The zero-order valence-corrected chi connectivity index (χ0v) is 18.4. The van der Waals surface area contributed by atoms with Crippen molar-refractivity contribution in [2.45, 2.75) is 19.6 Å². The van der Waals surface area contributed by atoms with Gasteiger partial charge in [0.1, 0.15) is 11.4 Å². The highest BCUT2D eigenvalue weighted by molar-refractivity contribution is 7.92. The highest BCUT2D eigenvalue weighted by atomic mass is 32.2. The van der Waals surface area contributed by atoms with E-state index in [4.69, 9.17) is 0 Å². The van der Waals surface area contributed by atoms with Gasteiger partial charge in [-0.1, -0.05) is 36.4 Å². The third-order valence-corrected chi connectivity index (χ3v) is 5.88. The summed E-state index contributed by atoms with van der Waals surface area (Å²) >= 11 is 0. The first-order valence-electron chi connectivity index (χ1n) is 9.49. The van der Waals surface area contributed by atoms with Crippen LogP contribution in [0.2, 0.25) is 0 Å². The molecule has 0 bridgehead atoms. The maximum atomic E-state index is 13.5. The molecule has 0 aliphatic heterocycles. The number of nitrogens with one attached hydrogen (secondary N) is 2. The van der Waals surface area contributed by atoms with Crippen molar-refractivity contribution >= 4 is 33.2 Å². The smallest absolute Gasteiger partial charge is 0.365 e. The fourth-order valence-corrected chi connectivity index (χ4v) is 3.69. The minimum Gasteiger partial charge on any atom is -0.365 e. The number of anilines is 4. The standard InChI is InChI=1S/C21H22F3N5O2S/c1-14-8-7-9-15(18(14)29(2)32(3,30)31)12-25-19-17(21(22,23)24)13-26-20(28-19)27-16-10-5-4-6-11-16/h4-11,13H,12H2,1-3H3,(H2,25,26,27,28). The van der Waals surface area contributed by atoms with E-state index in [1.807, 2.05) is 0 Å². The number of rotatable bonds is 7. The van der Waals surface area contributed by atoms with Gasteiger partial charge >= 0.3 is 6.18 Å². The maximum absolute atomic E-state index is 13.5. The van der Waals surface area contributed by atoms with Crippen molar-refractivity contribution in [1.82, 2.24) is 9.97 Å². The van der Waals surface area contributed by atoms with Crippen molar-refractivity contribution in [3.05, 3.63) is 71.4 Å². The number of aryl methyl sites for hydroxylation is 1. The number of benzene rings is 2.